The minimum atomic E-state index is -0.0508. The van der Waals surface area contributed by atoms with Crippen molar-refractivity contribution in [2.45, 2.75) is 39.0 Å². The second-order valence-corrected chi connectivity index (χ2v) is 4.47. The Morgan fingerprint density at radius 2 is 1.87 bits per heavy atom. The summed E-state index contributed by atoms with van der Waals surface area (Å²) in [6, 6.07) is 0. The number of hydrogen-bond acceptors (Lipinski definition) is 3. The largest absolute Gasteiger partial charge is 0.469 e. The third kappa shape index (κ3) is 4.65. The molecule has 0 aromatic heterocycles. The minimum absolute atomic E-state index is 0.0508. The van der Waals surface area contributed by atoms with Crippen LogP contribution in [0.5, 0.6) is 0 Å². The van der Waals surface area contributed by atoms with Gasteiger partial charge in [-0.25, -0.2) is 0 Å². The maximum atomic E-state index is 11.1. The van der Waals surface area contributed by atoms with E-state index >= 15 is 0 Å². The van der Waals surface area contributed by atoms with E-state index in [0.29, 0.717) is 12.3 Å². The molecule has 1 fully saturated rings. The fourth-order valence-electron chi connectivity index (χ4n) is 2.31. The molecule has 0 amide bonds. The van der Waals surface area contributed by atoms with Gasteiger partial charge in [0.1, 0.15) is 0 Å². The van der Waals surface area contributed by atoms with Gasteiger partial charge in [-0.15, -0.1) is 0 Å². The summed E-state index contributed by atoms with van der Waals surface area (Å²) in [4.78, 5) is 11.1. The molecular weight excluding hydrogens is 190 g/mol. The Morgan fingerprint density at radius 3 is 2.40 bits per heavy atom. The van der Waals surface area contributed by atoms with Gasteiger partial charge in [-0.2, -0.15) is 0 Å². The first kappa shape index (κ1) is 12.5. The molecule has 0 atom stereocenters. The second kappa shape index (κ2) is 6.83. The van der Waals surface area contributed by atoms with Crippen LogP contribution in [-0.4, -0.2) is 26.2 Å². The highest BCUT2D eigenvalue weighted by atomic mass is 16.5. The summed E-state index contributed by atoms with van der Waals surface area (Å²) in [5, 5.41) is 3.39. The van der Waals surface area contributed by atoms with Crippen LogP contribution in [0.4, 0.5) is 0 Å². The molecule has 0 aromatic carbocycles. The van der Waals surface area contributed by atoms with Crippen molar-refractivity contribution < 1.29 is 9.53 Å². The summed E-state index contributed by atoms with van der Waals surface area (Å²) in [6.07, 6.45) is 5.50. The lowest BCUT2D eigenvalue weighted by Crippen LogP contribution is -2.27. The first-order valence-electron chi connectivity index (χ1n) is 6.03. The lowest BCUT2D eigenvalue weighted by molar-refractivity contribution is -0.142. The maximum absolute atomic E-state index is 11.1. The van der Waals surface area contributed by atoms with E-state index in [2.05, 4.69) is 12.2 Å². The van der Waals surface area contributed by atoms with Gasteiger partial charge in [-0.3, -0.25) is 4.79 Å². The number of carbonyl (C=O) groups excluding carboxylic acids is 1. The van der Waals surface area contributed by atoms with Gasteiger partial charge in [-0.1, -0.05) is 6.92 Å². The number of nitrogens with one attached hydrogen (secondary N) is 1. The van der Waals surface area contributed by atoms with E-state index in [1.165, 1.54) is 32.8 Å². The minimum Gasteiger partial charge on any atom is -0.469 e. The normalized spacial score (nSPS) is 26.3. The monoisotopic (exact) mass is 213 g/mol. The molecule has 1 N–H and O–H groups in total. The Hall–Kier alpha value is -0.570. The molecular formula is C12H23NO2. The summed E-state index contributed by atoms with van der Waals surface area (Å²) in [6.45, 7) is 4.34. The number of carbonyl (C=O) groups is 1. The highest BCUT2D eigenvalue weighted by Gasteiger charge is 2.22. The molecule has 88 valence electrons. The van der Waals surface area contributed by atoms with Crippen LogP contribution in [0.2, 0.25) is 0 Å². The molecule has 0 aliphatic heterocycles. The standard InChI is InChI=1S/C12H23NO2/c1-3-13-9-11-6-4-10(5-7-11)8-12(14)15-2/h10-11,13H,3-9H2,1-2H3/t10-,11-. The molecule has 0 unspecified atom stereocenters. The molecule has 1 saturated carbocycles. The Balaban J connectivity index is 2.15. The van der Waals surface area contributed by atoms with Crippen LogP contribution in [0.25, 0.3) is 0 Å². The molecule has 3 heteroatoms. The summed E-state index contributed by atoms with van der Waals surface area (Å²) in [5.74, 6) is 1.33. The van der Waals surface area contributed by atoms with Gasteiger partial charge < -0.3 is 10.1 Å². The highest BCUT2D eigenvalue weighted by Crippen LogP contribution is 2.30. The summed E-state index contributed by atoms with van der Waals surface area (Å²) < 4.78 is 4.69. The van der Waals surface area contributed by atoms with Crippen molar-refractivity contribution in [1.82, 2.24) is 5.32 Å². The third-order valence-corrected chi connectivity index (χ3v) is 3.33. The molecule has 0 heterocycles. The highest BCUT2D eigenvalue weighted by molar-refractivity contribution is 5.69. The average molecular weight is 213 g/mol. The van der Waals surface area contributed by atoms with Crippen LogP contribution in [0, 0.1) is 11.8 Å². The fraction of sp³-hybridized carbons (Fsp3) is 0.917. The average Bonchev–Trinajstić information content (AvgIpc) is 2.28. The van der Waals surface area contributed by atoms with Gasteiger partial charge in [0.05, 0.1) is 7.11 Å². The Morgan fingerprint density at radius 1 is 1.27 bits per heavy atom. The zero-order valence-electron chi connectivity index (χ0n) is 9.92. The van der Waals surface area contributed by atoms with E-state index in [0.717, 1.165) is 19.0 Å². The van der Waals surface area contributed by atoms with Gasteiger partial charge in [0.2, 0.25) is 0 Å². The van der Waals surface area contributed by atoms with Crippen LogP contribution >= 0.6 is 0 Å². The Kier molecular flexibility index (Phi) is 5.69. The SMILES string of the molecule is CCNC[C@H]1CC[C@H](CC(=O)OC)CC1. The zero-order valence-corrected chi connectivity index (χ0v) is 9.92. The van der Waals surface area contributed by atoms with Crippen molar-refractivity contribution >= 4 is 5.97 Å². The summed E-state index contributed by atoms with van der Waals surface area (Å²) >= 11 is 0. The van der Waals surface area contributed by atoms with Crippen molar-refractivity contribution in [2.75, 3.05) is 20.2 Å². The van der Waals surface area contributed by atoms with Crippen LogP contribution in [0.1, 0.15) is 39.0 Å². The molecule has 15 heavy (non-hydrogen) atoms. The van der Waals surface area contributed by atoms with Crippen LogP contribution < -0.4 is 5.32 Å². The predicted octanol–water partition coefficient (Wildman–Crippen LogP) is 1.97. The van der Waals surface area contributed by atoms with E-state index in [-0.39, 0.29) is 5.97 Å². The van der Waals surface area contributed by atoms with E-state index in [4.69, 9.17) is 4.74 Å². The first-order chi connectivity index (χ1) is 7.26. The number of esters is 1. The first-order valence-corrected chi connectivity index (χ1v) is 6.03. The number of methoxy groups -OCH3 is 1. The van der Waals surface area contributed by atoms with Gasteiger partial charge in [0, 0.05) is 6.42 Å². The Bertz CT molecular complexity index is 186. The van der Waals surface area contributed by atoms with Crippen molar-refractivity contribution in [3.05, 3.63) is 0 Å². The molecule has 0 bridgehead atoms. The van der Waals surface area contributed by atoms with Gasteiger partial charge in [0.15, 0.2) is 0 Å². The molecule has 0 saturated heterocycles. The fourth-order valence-corrected chi connectivity index (χ4v) is 2.31. The molecule has 3 nitrogen and oxygen atoms in total. The third-order valence-electron chi connectivity index (χ3n) is 3.33. The van der Waals surface area contributed by atoms with E-state index in [1.54, 1.807) is 0 Å². The quantitative estimate of drug-likeness (QED) is 0.710. The van der Waals surface area contributed by atoms with Gasteiger partial charge >= 0.3 is 5.97 Å². The number of ether oxygens (including phenoxy) is 1. The maximum Gasteiger partial charge on any atom is 0.305 e. The lowest BCUT2D eigenvalue weighted by atomic mass is 9.80. The molecule has 1 aliphatic carbocycles. The second-order valence-electron chi connectivity index (χ2n) is 4.47. The summed E-state index contributed by atoms with van der Waals surface area (Å²) in [7, 11) is 1.47. The smallest absolute Gasteiger partial charge is 0.305 e. The number of hydrogen-bond donors (Lipinski definition) is 1. The van der Waals surface area contributed by atoms with Crippen molar-refractivity contribution in [1.29, 1.82) is 0 Å². The van der Waals surface area contributed by atoms with Crippen LogP contribution in [-0.2, 0) is 9.53 Å². The van der Waals surface area contributed by atoms with E-state index in [9.17, 15) is 4.79 Å². The van der Waals surface area contributed by atoms with E-state index in [1.807, 2.05) is 0 Å². The topological polar surface area (TPSA) is 38.3 Å². The van der Waals surface area contributed by atoms with Crippen molar-refractivity contribution in [3.8, 4) is 0 Å². The predicted molar refractivity (Wildman–Crippen MR) is 60.6 cm³/mol. The molecule has 0 spiro atoms. The van der Waals surface area contributed by atoms with Gasteiger partial charge in [-0.05, 0) is 50.6 Å². The van der Waals surface area contributed by atoms with Gasteiger partial charge in [0.25, 0.3) is 0 Å². The van der Waals surface area contributed by atoms with Crippen LogP contribution in [0.15, 0.2) is 0 Å². The van der Waals surface area contributed by atoms with Crippen LogP contribution in [0.3, 0.4) is 0 Å². The lowest BCUT2D eigenvalue weighted by Gasteiger charge is -2.27. The van der Waals surface area contributed by atoms with Crippen molar-refractivity contribution in [3.63, 3.8) is 0 Å². The molecule has 0 radical (unpaired) electrons. The molecule has 1 aliphatic rings. The summed E-state index contributed by atoms with van der Waals surface area (Å²) in [5.41, 5.74) is 0. The number of rotatable bonds is 5. The zero-order chi connectivity index (χ0) is 11.1. The molecule has 0 aromatic rings. The molecule has 1 rings (SSSR count). The Labute approximate surface area is 92.6 Å². The van der Waals surface area contributed by atoms with E-state index < -0.39 is 0 Å². The van der Waals surface area contributed by atoms with Crippen molar-refractivity contribution in [2.24, 2.45) is 11.8 Å².